The third-order valence-corrected chi connectivity index (χ3v) is 3.37. The van der Waals surface area contributed by atoms with Crippen LogP contribution in [-0.2, 0) is 0 Å². The van der Waals surface area contributed by atoms with Crippen molar-refractivity contribution >= 4 is 17.3 Å². The SMILES string of the molecule is NNc1ccc([N+](=O)[O-])c(N2CCC(CO)CC2)n1. The van der Waals surface area contributed by atoms with Gasteiger partial charge in [0, 0.05) is 25.8 Å². The minimum Gasteiger partial charge on any atom is -0.396 e. The molecule has 0 amide bonds. The molecule has 104 valence electrons. The van der Waals surface area contributed by atoms with Gasteiger partial charge in [-0.3, -0.25) is 10.1 Å². The van der Waals surface area contributed by atoms with Crippen molar-refractivity contribution in [2.24, 2.45) is 11.8 Å². The number of aliphatic hydroxyl groups is 1. The molecule has 0 aliphatic carbocycles. The van der Waals surface area contributed by atoms with E-state index in [0.29, 0.717) is 24.7 Å². The molecule has 4 N–H and O–H groups in total. The lowest BCUT2D eigenvalue weighted by atomic mass is 9.98. The van der Waals surface area contributed by atoms with E-state index in [4.69, 9.17) is 10.9 Å². The topological polar surface area (TPSA) is 118 Å². The number of hydrogen-bond donors (Lipinski definition) is 3. The van der Waals surface area contributed by atoms with Crippen LogP contribution in [0.5, 0.6) is 0 Å². The Labute approximate surface area is 110 Å². The molecule has 0 atom stereocenters. The number of pyridine rings is 1. The zero-order valence-corrected chi connectivity index (χ0v) is 10.5. The fourth-order valence-corrected chi connectivity index (χ4v) is 2.22. The highest BCUT2D eigenvalue weighted by atomic mass is 16.6. The molecule has 1 aromatic rings. The Hall–Kier alpha value is -1.93. The van der Waals surface area contributed by atoms with Gasteiger partial charge in [0.2, 0.25) is 5.82 Å². The molecule has 1 aliphatic heterocycles. The van der Waals surface area contributed by atoms with E-state index in [1.807, 2.05) is 4.90 Å². The maximum absolute atomic E-state index is 11.0. The van der Waals surface area contributed by atoms with Crippen molar-refractivity contribution in [3.05, 3.63) is 22.2 Å². The predicted octanol–water partition coefficient (Wildman–Crippen LogP) is 0.484. The van der Waals surface area contributed by atoms with Gasteiger partial charge in [-0.2, -0.15) is 0 Å². The molecule has 1 fully saturated rings. The molecule has 0 spiro atoms. The fraction of sp³-hybridized carbons (Fsp3) is 0.545. The van der Waals surface area contributed by atoms with Gasteiger partial charge >= 0.3 is 5.69 Å². The second kappa shape index (κ2) is 5.81. The first kappa shape index (κ1) is 13.5. The van der Waals surface area contributed by atoms with Crippen LogP contribution in [0.2, 0.25) is 0 Å². The van der Waals surface area contributed by atoms with E-state index in [1.54, 1.807) is 0 Å². The first-order valence-electron chi connectivity index (χ1n) is 6.13. The molecule has 0 unspecified atom stereocenters. The molecular formula is C11H17N5O3. The summed E-state index contributed by atoms with van der Waals surface area (Å²) in [6.07, 6.45) is 1.60. The normalized spacial score (nSPS) is 16.4. The molecule has 19 heavy (non-hydrogen) atoms. The van der Waals surface area contributed by atoms with Crippen molar-refractivity contribution in [1.82, 2.24) is 4.98 Å². The van der Waals surface area contributed by atoms with Crippen molar-refractivity contribution < 1.29 is 10.0 Å². The number of nitrogens with zero attached hydrogens (tertiary/aromatic N) is 3. The average Bonchev–Trinajstić information content (AvgIpc) is 2.46. The number of aliphatic hydroxyl groups excluding tert-OH is 1. The van der Waals surface area contributed by atoms with Crippen molar-refractivity contribution in [3.63, 3.8) is 0 Å². The molecule has 8 heteroatoms. The summed E-state index contributed by atoms with van der Waals surface area (Å²) in [4.78, 5) is 16.6. The highest BCUT2D eigenvalue weighted by Gasteiger charge is 2.26. The van der Waals surface area contributed by atoms with Crippen LogP contribution in [0.25, 0.3) is 0 Å². The summed E-state index contributed by atoms with van der Waals surface area (Å²) in [5, 5.41) is 20.1. The van der Waals surface area contributed by atoms with Crippen LogP contribution in [-0.4, -0.2) is 34.7 Å². The molecule has 2 rings (SSSR count). The monoisotopic (exact) mass is 267 g/mol. The van der Waals surface area contributed by atoms with Crippen molar-refractivity contribution in [2.75, 3.05) is 30.0 Å². The molecule has 8 nitrogen and oxygen atoms in total. The summed E-state index contributed by atoms with van der Waals surface area (Å²) in [5.74, 6) is 6.28. The standard InChI is InChI=1S/C11H17N5O3/c12-14-10-2-1-9(16(18)19)11(13-10)15-5-3-8(7-17)4-6-15/h1-2,8,17H,3-7,12H2,(H,13,14). The summed E-state index contributed by atoms with van der Waals surface area (Å²) in [6.45, 7) is 1.45. The Morgan fingerprint density at radius 1 is 1.53 bits per heavy atom. The molecule has 0 bridgehead atoms. The van der Waals surface area contributed by atoms with Crippen LogP contribution in [0.3, 0.4) is 0 Å². The van der Waals surface area contributed by atoms with Gasteiger partial charge in [-0.05, 0) is 24.8 Å². The number of nitrogens with two attached hydrogens (primary N) is 1. The largest absolute Gasteiger partial charge is 0.396 e. The van der Waals surface area contributed by atoms with Gasteiger partial charge in [-0.25, -0.2) is 10.8 Å². The quantitative estimate of drug-likeness (QED) is 0.412. The maximum Gasteiger partial charge on any atom is 0.311 e. The molecule has 0 aromatic carbocycles. The number of nitrogen functional groups attached to an aromatic ring is 1. The highest BCUT2D eigenvalue weighted by molar-refractivity contribution is 5.61. The van der Waals surface area contributed by atoms with Crippen molar-refractivity contribution in [3.8, 4) is 0 Å². The molecule has 0 saturated carbocycles. The summed E-state index contributed by atoms with van der Waals surface area (Å²) < 4.78 is 0. The van der Waals surface area contributed by atoms with Gasteiger partial charge < -0.3 is 15.4 Å². The van der Waals surface area contributed by atoms with Crippen LogP contribution >= 0.6 is 0 Å². The molecule has 2 heterocycles. The summed E-state index contributed by atoms with van der Waals surface area (Å²) in [5.41, 5.74) is 2.37. The Kier molecular flexibility index (Phi) is 4.13. The Balaban J connectivity index is 2.24. The smallest absolute Gasteiger partial charge is 0.311 e. The Bertz CT molecular complexity index is 460. The van der Waals surface area contributed by atoms with Gasteiger partial charge in [0.05, 0.1) is 4.92 Å². The number of anilines is 2. The summed E-state index contributed by atoms with van der Waals surface area (Å²) in [7, 11) is 0. The van der Waals surface area contributed by atoms with Crippen LogP contribution in [0.4, 0.5) is 17.3 Å². The molecule has 1 aromatic heterocycles. The third-order valence-electron chi connectivity index (χ3n) is 3.37. The van der Waals surface area contributed by atoms with Crippen molar-refractivity contribution in [2.45, 2.75) is 12.8 Å². The van der Waals surface area contributed by atoms with Crippen LogP contribution in [0.1, 0.15) is 12.8 Å². The second-order valence-electron chi connectivity index (χ2n) is 4.55. The number of rotatable bonds is 4. The Morgan fingerprint density at radius 3 is 2.74 bits per heavy atom. The first-order chi connectivity index (χ1) is 9.15. The average molecular weight is 267 g/mol. The number of hydrogen-bond acceptors (Lipinski definition) is 7. The fourth-order valence-electron chi connectivity index (χ4n) is 2.22. The summed E-state index contributed by atoms with van der Waals surface area (Å²) in [6, 6.07) is 2.87. The van der Waals surface area contributed by atoms with Gasteiger partial charge in [0.1, 0.15) is 5.82 Å². The predicted molar refractivity (Wildman–Crippen MR) is 70.7 cm³/mol. The maximum atomic E-state index is 11.0. The minimum absolute atomic E-state index is 0.0264. The highest BCUT2D eigenvalue weighted by Crippen LogP contribution is 2.30. The van der Waals surface area contributed by atoms with E-state index in [1.165, 1.54) is 12.1 Å². The molecule has 0 radical (unpaired) electrons. The van der Waals surface area contributed by atoms with Gasteiger partial charge in [0.25, 0.3) is 0 Å². The lowest BCUT2D eigenvalue weighted by molar-refractivity contribution is -0.384. The van der Waals surface area contributed by atoms with E-state index < -0.39 is 4.92 Å². The van der Waals surface area contributed by atoms with E-state index in [9.17, 15) is 10.1 Å². The lowest BCUT2D eigenvalue weighted by Crippen LogP contribution is -2.35. The second-order valence-corrected chi connectivity index (χ2v) is 4.55. The first-order valence-corrected chi connectivity index (χ1v) is 6.13. The number of piperidine rings is 1. The Morgan fingerprint density at radius 2 is 2.21 bits per heavy atom. The number of nitro groups is 1. The van der Waals surface area contributed by atoms with Gasteiger partial charge in [-0.1, -0.05) is 0 Å². The molecular weight excluding hydrogens is 250 g/mol. The summed E-state index contributed by atoms with van der Waals surface area (Å²) >= 11 is 0. The number of nitrogens with one attached hydrogen (secondary N) is 1. The number of aromatic nitrogens is 1. The van der Waals surface area contributed by atoms with Gasteiger partial charge in [0.15, 0.2) is 0 Å². The zero-order chi connectivity index (χ0) is 13.8. The van der Waals surface area contributed by atoms with E-state index in [0.717, 1.165) is 12.8 Å². The van der Waals surface area contributed by atoms with E-state index >= 15 is 0 Å². The van der Waals surface area contributed by atoms with Crippen LogP contribution in [0, 0.1) is 16.0 Å². The molecule has 1 aliphatic rings. The molecule has 1 saturated heterocycles. The van der Waals surface area contributed by atoms with Crippen LogP contribution in [0.15, 0.2) is 12.1 Å². The van der Waals surface area contributed by atoms with Crippen molar-refractivity contribution in [1.29, 1.82) is 0 Å². The zero-order valence-electron chi connectivity index (χ0n) is 10.5. The number of hydrazine groups is 1. The van der Waals surface area contributed by atoms with E-state index in [-0.39, 0.29) is 18.2 Å². The lowest BCUT2D eigenvalue weighted by Gasteiger charge is -2.31. The minimum atomic E-state index is -0.444. The van der Waals surface area contributed by atoms with Crippen LogP contribution < -0.4 is 16.2 Å². The third kappa shape index (κ3) is 2.91. The van der Waals surface area contributed by atoms with E-state index in [2.05, 4.69) is 10.4 Å². The van der Waals surface area contributed by atoms with Gasteiger partial charge in [-0.15, -0.1) is 0 Å².